The van der Waals surface area contributed by atoms with Gasteiger partial charge in [-0.2, -0.15) is 0 Å². The van der Waals surface area contributed by atoms with E-state index < -0.39 is 5.97 Å². The van der Waals surface area contributed by atoms with Gasteiger partial charge in [0.05, 0.1) is 5.92 Å². The first-order chi connectivity index (χ1) is 7.68. The molecule has 2 atom stereocenters. The molecule has 4 heteroatoms. The van der Waals surface area contributed by atoms with Gasteiger partial charge in [-0.15, -0.1) is 0 Å². The van der Waals surface area contributed by atoms with Gasteiger partial charge in [0.2, 0.25) is 5.91 Å². The first kappa shape index (κ1) is 11.4. The molecule has 90 valence electrons. The molecule has 16 heavy (non-hydrogen) atoms. The summed E-state index contributed by atoms with van der Waals surface area (Å²) in [7, 11) is 0. The van der Waals surface area contributed by atoms with Crippen molar-refractivity contribution < 1.29 is 14.7 Å². The van der Waals surface area contributed by atoms with Gasteiger partial charge in [-0.1, -0.05) is 12.8 Å². The highest BCUT2D eigenvalue weighted by Gasteiger charge is 2.33. The van der Waals surface area contributed by atoms with E-state index in [4.69, 9.17) is 5.11 Å². The Morgan fingerprint density at radius 2 is 1.81 bits per heavy atom. The summed E-state index contributed by atoms with van der Waals surface area (Å²) >= 11 is 0. The van der Waals surface area contributed by atoms with Gasteiger partial charge in [0.25, 0.3) is 0 Å². The lowest BCUT2D eigenvalue weighted by Gasteiger charge is -2.28. The van der Waals surface area contributed by atoms with Crippen LogP contribution in [0.3, 0.4) is 0 Å². The number of carboxylic acid groups (broad SMARTS) is 1. The van der Waals surface area contributed by atoms with E-state index in [0.29, 0.717) is 6.54 Å². The molecule has 0 bridgehead atoms. The van der Waals surface area contributed by atoms with E-state index in [1.165, 1.54) is 0 Å². The molecule has 0 aromatic rings. The van der Waals surface area contributed by atoms with Crippen LogP contribution < -0.4 is 5.32 Å². The number of rotatable bonds is 4. The number of nitrogens with one attached hydrogen (secondary N) is 1. The van der Waals surface area contributed by atoms with Crippen molar-refractivity contribution in [3.8, 4) is 0 Å². The van der Waals surface area contributed by atoms with Crippen LogP contribution in [-0.4, -0.2) is 23.5 Å². The van der Waals surface area contributed by atoms with Crippen molar-refractivity contribution in [1.29, 1.82) is 0 Å². The van der Waals surface area contributed by atoms with Crippen molar-refractivity contribution in [2.24, 2.45) is 17.8 Å². The minimum absolute atomic E-state index is 0.120. The first-order valence-electron chi connectivity index (χ1n) is 6.19. The summed E-state index contributed by atoms with van der Waals surface area (Å²) in [4.78, 5) is 22.5. The summed E-state index contributed by atoms with van der Waals surface area (Å²) in [5.41, 5.74) is 0. The van der Waals surface area contributed by atoms with Crippen molar-refractivity contribution in [2.75, 3.05) is 6.54 Å². The van der Waals surface area contributed by atoms with E-state index in [1.807, 2.05) is 0 Å². The zero-order valence-corrected chi connectivity index (χ0v) is 9.45. The van der Waals surface area contributed by atoms with Crippen LogP contribution in [0.15, 0.2) is 0 Å². The first-order valence-corrected chi connectivity index (χ1v) is 6.19. The number of carboxylic acids is 1. The fourth-order valence-electron chi connectivity index (χ4n) is 2.50. The molecule has 0 aromatic carbocycles. The highest BCUT2D eigenvalue weighted by molar-refractivity contribution is 5.80. The van der Waals surface area contributed by atoms with Gasteiger partial charge in [-0.05, 0) is 31.6 Å². The Balaban J connectivity index is 1.80. The Hall–Kier alpha value is -1.06. The second-order valence-corrected chi connectivity index (χ2v) is 5.01. The third-order valence-electron chi connectivity index (χ3n) is 3.71. The minimum atomic E-state index is -0.703. The maximum atomic E-state index is 11.5. The van der Waals surface area contributed by atoms with E-state index in [-0.39, 0.29) is 23.7 Å². The summed E-state index contributed by atoms with van der Waals surface area (Å²) in [6.45, 7) is 0.548. The fourth-order valence-corrected chi connectivity index (χ4v) is 2.50. The maximum Gasteiger partial charge on any atom is 0.306 e. The van der Waals surface area contributed by atoms with Gasteiger partial charge < -0.3 is 10.4 Å². The van der Waals surface area contributed by atoms with Crippen molar-refractivity contribution in [3.63, 3.8) is 0 Å². The van der Waals surface area contributed by atoms with Gasteiger partial charge in [-0.25, -0.2) is 0 Å². The van der Waals surface area contributed by atoms with E-state index in [2.05, 4.69) is 5.32 Å². The molecule has 0 aromatic heterocycles. The highest BCUT2D eigenvalue weighted by Crippen LogP contribution is 2.31. The summed E-state index contributed by atoms with van der Waals surface area (Å²) in [6.07, 6.45) is 5.79. The average Bonchev–Trinajstić information content (AvgIpc) is 3.10. The van der Waals surface area contributed by atoms with E-state index in [9.17, 15) is 9.59 Å². The summed E-state index contributed by atoms with van der Waals surface area (Å²) in [6, 6.07) is 0. The van der Waals surface area contributed by atoms with Gasteiger partial charge in [0.15, 0.2) is 0 Å². The van der Waals surface area contributed by atoms with Crippen LogP contribution in [-0.2, 0) is 9.59 Å². The van der Waals surface area contributed by atoms with Gasteiger partial charge in [0, 0.05) is 12.5 Å². The molecule has 2 aliphatic rings. The van der Waals surface area contributed by atoms with Crippen molar-refractivity contribution in [2.45, 2.75) is 38.5 Å². The smallest absolute Gasteiger partial charge is 0.306 e. The van der Waals surface area contributed by atoms with Crippen LogP contribution in [0.5, 0.6) is 0 Å². The van der Waals surface area contributed by atoms with Crippen molar-refractivity contribution in [3.05, 3.63) is 0 Å². The normalized spacial score (nSPS) is 29.8. The van der Waals surface area contributed by atoms with Gasteiger partial charge in [-0.3, -0.25) is 9.59 Å². The topological polar surface area (TPSA) is 66.4 Å². The molecule has 0 unspecified atom stereocenters. The number of aliphatic carboxylic acids is 1. The summed E-state index contributed by atoms with van der Waals surface area (Å²) < 4.78 is 0. The molecule has 1 amide bonds. The molecule has 2 saturated carbocycles. The number of amides is 1. The number of hydrogen-bond donors (Lipinski definition) is 2. The Morgan fingerprint density at radius 3 is 2.44 bits per heavy atom. The molecule has 2 aliphatic carbocycles. The summed E-state index contributed by atoms with van der Waals surface area (Å²) in [5.74, 6) is -0.492. The molecule has 2 N–H and O–H groups in total. The maximum absolute atomic E-state index is 11.5. The average molecular weight is 225 g/mol. The largest absolute Gasteiger partial charge is 0.481 e. The predicted octanol–water partition coefficient (Wildman–Crippen LogP) is 1.40. The predicted molar refractivity (Wildman–Crippen MR) is 58.8 cm³/mol. The molecule has 0 heterocycles. The second-order valence-electron chi connectivity index (χ2n) is 5.01. The SMILES string of the molecule is O=C(NC[C@@H]1CCCC[C@@H]1C(=O)O)C1CC1. The molecule has 2 rings (SSSR count). The Kier molecular flexibility index (Phi) is 3.46. The minimum Gasteiger partial charge on any atom is -0.481 e. The molecular formula is C12H19NO3. The number of carbonyl (C=O) groups excluding carboxylic acids is 1. The van der Waals surface area contributed by atoms with Crippen molar-refractivity contribution >= 4 is 11.9 Å². The third kappa shape index (κ3) is 2.74. The molecule has 0 saturated heterocycles. The Labute approximate surface area is 95.4 Å². The lowest BCUT2D eigenvalue weighted by Crippen LogP contribution is -2.37. The third-order valence-corrected chi connectivity index (χ3v) is 3.71. The van der Waals surface area contributed by atoms with Crippen LogP contribution in [0, 0.1) is 17.8 Å². The molecule has 0 radical (unpaired) electrons. The molecule has 0 spiro atoms. The van der Waals surface area contributed by atoms with Gasteiger partial charge in [0.1, 0.15) is 0 Å². The monoisotopic (exact) mass is 225 g/mol. The Morgan fingerprint density at radius 1 is 1.12 bits per heavy atom. The van der Waals surface area contributed by atoms with Crippen LogP contribution in [0.4, 0.5) is 0 Å². The van der Waals surface area contributed by atoms with E-state index in [1.54, 1.807) is 0 Å². The van der Waals surface area contributed by atoms with Crippen LogP contribution in [0.2, 0.25) is 0 Å². The van der Waals surface area contributed by atoms with Crippen LogP contribution >= 0.6 is 0 Å². The molecule has 2 fully saturated rings. The molecule has 0 aliphatic heterocycles. The van der Waals surface area contributed by atoms with E-state index in [0.717, 1.165) is 38.5 Å². The lowest BCUT2D eigenvalue weighted by atomic mass is 9.79. The lowest BCUT2D eigenvalue weighted by molar-refractivity contribution is -0.145. The van der Waals surface area contributed by atoms with Gasteiger partial charge >= 0.3 is 5.97 Å². The van der Waals surface area contributed by atoms with Crippen LogP contribution in [0.25, 0.3) is 0 Å². The van der Waals surface area contributed by atoms with Crippen molar-refractivity contribution in [1.82, 2.24) is 5.32 Å². The Bertz CT molecular complexity index is 286. The molecule has 4 nitrogen and oxygen atoms in total. The zero-order chi connectivity index (χ0) is 11.5. The van der Waals surface area contributed by atoms with E-state index >= 15 is 0 Å². The standard InChI is InChI=1S/C12H19NO3/c14-11(8-5-6-8)13-7-9-3-1-2-4-10(9)12(15)16/h8-10H,1-7H2,(H,13,14)(H,15,16)/t9-,10-/m0/s1. The highest BCUT2D eigenvalue weighted by atomic mass is 16.4. The number of carbonyl (C=O) groups is 2. The number of hydrogen-bond acceptors (Lipinski definition) is 2. The zero-order valence-electron chi connectivity index (χ0n) is 9.45. The second kappa shape index (κ2) is 4.85. The molecular weight excluding hydrogens is 206 g/mol. The fraction of sp³-hybridized carbons (Fsp3) is 0.833. The summed E-state index contributed by atoms with van der Waals surface area (Å²) in [5, 5.41) is 12.0. The van der Waals surface area contributed by atoms with Crippen LogP contribution in [0.1, 0.15) is 38.5 Å². The quantitative estimate of drug-likeness (QED) is 0.760.